The molecule has 1 aliphatic rings. The highest BCUT2D eigenvalue weighted by atomic mass is 35.5. The Labute approximate surface area is 89.7 Å². The molecule has 0 bridgehead atoms. The predicted octanol–water partition coefficient (Wildman–Crippen LogP) is 3.35. The standard InChI is InChI=1S/C11H15ClN2/c1-11(2)6-7-13-9-5-3-4-8(12)10(9)14-11/h3-5,13-14H,6-7H2,1-2H3. The molecule has 0 fully saturated rings. The Balaban J connectivity index is 2.43. The molecule has 0 radical (unpaired) electrons. The van der Waals surface area contributed by atoms with Crippen molar-refractivity contribution in [1.82, 2.24) is 0 Å². The van der Waals surface area contributed by atoms with Gasteiger partial charge in [0.05, 0.1) is 16.4 Å². The lowest BCUT2D eigenvalue weighted by molar-refractivity contribution is 0.540. The van der Waals surface area contributed by atoms with Gasteiger partial charge in [0, 0.05) is 12.1 Å². The van der Waals surface area contributed by atoms with Crippen molar-refractivity contribution in [2.75, 3.05) is 17.2 Å². The summed E-state index contributed by atoms with van der Waals surface area (Å²) in [5, 5.41) is 7.63. The molecule has 14 heavy (non-hydrogen) atoms. The van der Waals surface area contributed by atoms with Crippen molar-refractivity contribution in [3.63, 3.8) is 0 Å². The van der Waals surface area contributed by atoms with Crippen LogP contribution in [-0.4, -0.2) is 12.1 Å². The van der Waals surface area contributed by atoms with Gasteiger partial charge in [0.1, 0.15) is 0 Å². The molecule has 0 atom stereocenters. The van der Waals surface area contributed by atoms with E-state index in [-0.39, 0.29) is 5.54 Å². The van der Waals surface area contributed by atoms with Gasteiger partial charge < -0.3 is 10.6 Å². The maximum atomic E-state index is 6.14. The number of halogens is 1. The second kappa shape index (κ2) is 3.35. The molecule has 0 aliphatic carbocycles. The zero-order valence-corrected chi connectivity index (χ0v) is 9.28. The smallest absolute Gasteiger partial charge is 0.0769 e. The average molecular weight is 211 g/mol. The molecule has 1 aromatic carbocycles. The Morgan fingerprint density at radius 1 is 1.36 bits per heavy atom. The van der Waals surface area contributed by atoms with Crippen molar-refractivity contribution in [2.24, 2.45) is 0 Å². The fourth-order valence-corrected chi connectivity index (χ4v) is 1.93. The van der Waals surface area contributed by atoms with Crippen LogP contribution in [0.3, 0.4) is 0 Å². The van der Waals surface area contributed by atoms with Gasteiger partial charge in [0.2, 0.25) is 0 Å². The number of anilines is 2. The molecule has 0 aromatic heterocycles. The number of rotatable bonds is 0. The van der Waals surface area contributed by atoms with Gasteiger partial charge in [0.15, 0.2) is 0 Å². The normalized spacial score (nSPS) is 18.8. The SMILES string of the molecule is CC1(C)CCNc2cccc(Cl)c2N1. The van der Waals surface area contributed by atoms with Gasteiger partial charge in [-0.3, -0.25) is 0 Å². The quantitative estimate of drug-likeness (QED) is 0.686. The van der Waals surface area contributed by atoms with Crippen LogP contribution >= 0.6 is 11.6 Å². The zero-order chi connectivity index (χ0) is 10.2. The maximum Gasteiger partial charge on any atom is 0.0769 e. The number of hydrogen-bond acceptors (Lipinski definition) is 2. The first kappa shape index (κ1) is 9.66. The summed E-state index contributed by atoms with van der Waals surface area (Å²) < 4.78 is 0. The summed E-state index contributed by atoms with van der Waals surface area (Å²) in [6.45, 7) is 5.35. The van der Waals surface area contributed by atoms with Crippen LogP contribution in [0.25, 0.3) is 0 Å². The van der Waals surface area contributed by atoms with E-state index >= 15 is 0 Å². The number of hydrogen-bond donors (Lipinski definition) is 2. The van der Waals surface area contributed by atoms with Crippen LogP contribution in [-0.2, 0) is 0 Å². The van der Waals surface area contributed by atoms with Crippen LogP contribution in [0.15, 0.2) is 18.2 Å². The summed E-state index contributed by atoms with van der Waals surface area (Å²) in [4.78, 5) is 0. The summed E-state index contributed by atoms with van der Waals surface area (Å²) in [5.74, 6) is 0. The number of fused-ring (bicyclic) bond motifs is 1. The maximum absolute atomic E-state index is 6.14. The molecule has 0 amide bonds. The molecule has 0 spiro atoms. The monoisotopic (exact) mass is 210 g/mol. The highest BCUT2D eigenvalue weighted by Crippen LogP contribution is 2.35. The third-order valence-corrected chi connectivity index (χ3v) is 2.86. The molecule has 0 saturated carbocycles. The van der Waals surface area contributed by atoms with E-state index in [0.717, 1.165) is 29.4 Å². The van der Waals surface area contributed by atoms with E-state index in [4.69, 9.17) is 11.6 Å². The molecule has 2 nitrogen and oxygen atoms in total. The summed E-state index contributed by atoms with van der Waals surface area (Å²) in [5.41, 5.74) is 2.23. The highest BCUT2D eigenvalue weighted by Gasteiger charge is 2.22. The van der Waals surface area contributed by atoms with Crippen LogP contribution in [0, 0.1) is 0 Å². The van der Waals surface area contributed by atoms with Crippen LogP contribution in [0.5, 0.6) is 0 Å². The second-order valence-corrected chi connectivity index (χ2v) is 4.76. The van der Waals surface area contributed by atoms with Crippen molar-refractivity contribution >= 4 is 23.0 Å². The number of nitrogens with one attached hydrogen (secondary N) is 2. The van der Waals surface area contributed by atoms with E-state index in [2.05, 4.69) is 30.5 Å². The Hall–Kier alpha value is -0.890. The average Bonchev–Trinajstić information content (AvgIpc) is 2.24. The van der Waals surface area contributed by atoms with E-state index in [1.807, 2.05) is 12.1 Å². The fraction of sp³-hybridized carbons (Fsp3) is 0.455. The van der Waals surface area contributed by atoms with Crippen molar-refractivity contribution < 1.29 is 0 Å². The minimum absolute atomic E-state index is 0.100. The van der Waals surface area contributed by atoms with Gasteiger partial charge in [-0.25, -0.2) is 0 Å². The molecule has 1 aliphatic heterocycles. The molecule has 0 saturated heterocycles. The molecule has 76 valence electrons. The Morgan fingerprint density at radius 2 is 2.14 bits per heavy atom. The summed E-state index contributed by atoms with van der Waals surface area (Å²) in [6, 6.07) is 5.93. The first-order valence-corrected chi connectivity index (χ1v) is 5.27. The zero-order valence-electron chi connectivity index (χ0n) is 8.52. The van der Waals surface area contributed by atoms with Gasteiger partial charge in [0.25, 0.3) is 0 Å². The Bertz CT molecular complexity index is 347. The third kappa shape index (κ3) is 1.80. The van der Waals surface area contributed by atoms with Crippen LogP contribution in [0.4, 0.5) is 11.4 Å². The lowest BCUT2D eigenvalue weighted by Crippen LogP contribution is -2.30. The molecular weight excluding hydrogens is 196 g/mol. The van der Waals surface area contributed by atoms with Crippen molar-refractivity contribution in [1.29, 1.82) is 0 Å². The van der Waals surface area contributed by atoms with E-state index in [9.17, 15) is 0 Å². The van der Waals surface area contributed by atoms with Gasteiger partial charge in [-0.2, -0.15) is 0 Å². The van der Waals surface area contributed by atoms with E-state index in [1.54, 1.807) is 0 Å². The van der Waals surface area contributed by atoms with E-state index in [1.165, 1.54) is 0 Å². The molecule has 1 heterocycles. The predicted molar refractivity (Wildman–Crippen MR) is 62.3 cm³/mol. The summed E-state index contributed by atoms with van der Waals surface area (Å²) in [6.07, 6.45) is 1.08. The van der Waals surface area contributed by atoms with Crippen LogP contribution < -0.4 is 10.6 Å². The van der Waals surface area contributed by atoms with Gasteiger partial charge in [-0.15, -0.1) is 0 Å². The van der Waals surface area contributed by atoms with Crippen LogP contribution in [0.1, 0.15) is 20.3 Å². The molecule has 1 aromatic rings. The molecule has 3 heteroatoms. The fourth-order valence-electron chi connectivity index (χ4n) is 1.71. The van der Waals surface area contributed by atoms with Gasteiger partial charge in [-0.1, -0.05) is 17.7 Å². The molecule has 2 rings (SSSR count). The summed E-state index contributed by atoms with van der Waals surface area (Å²) in [7, 11) is 0. The number of para-hydroxylation sites is 1. The van der Waals surface area contributed by atoms with Gasteiger partial charge >= 0.3 is 0 Å². The lowest BCUT2D eigenvalue weighted by atomic mass is 10.0. The van der Waals surface area contributed by atoms with Crippen molar-refractivity contribution in [3.8, 4) is 0 Å². The largest absolute Gasteiger partial charge is 0.383 e. The lowest BCUT2D eigenvalue weighted by Gasteiger charge is -2.25. The summed E-state index contributed by atoms with van der Waals surface area (Å²) >= 11 is 6.14. The molecule has 2 N–H and O–H groups in total. The van der Waals surface area contributed by atoms with Crippen molar-refractivity contribution in [2.45, 2.75) is 25.8 Å². The topological polar surface area (TPSA) is 24.1 Å². The first-order valence-electron chi connectivity index (χ1n) is 4.89. The molecular formula is C11H15ClN2. The van der Waals surface area contributed by atoms with Crippen LogP contribution in [0.2, 0.25) is 5.02 Å². The highest BCUT2D eigenvalue weighted by molar-refractivity contribution is 6.34. The Kier molecular flexibility index (Phi) is 2.31. The first-order chi connectivity index (χ1) is 6.58. The third-order valence-electron chi connectivity index (χ3n) is 2.54. The van der Waals surface area contributed by atoms with E-state index in [0.29, 0.717) is 0 Å². The van der Waals surface area contributed by atoms with E-state index < -0.39 is 0 Å². The Morgan fingerprint density at radius 3 is 2.93 bits per heavy atom. The van der Waals surface area contributed by atoms with Gasteiger partial charge in [-0.05, 0) is 32.4 Å². The molecule has 0 unspecified atom stereocenters. The van der Waals surface area contributed by atoms with Crippen molar-refractivity contribution in [3.05, 3.63) is 23.2 Å². The second-order valence-electron chi connectivity index (χ2n) is 4.35. The minimum Gasteiger partial charge on any atom is -0.383 e. The minimum atomic E-state index is 0.100. The number of benzene rings is 1.